The Labute approximate surface area is 216 Å². The maximum Gasteiger partial charge on any atom is 0.302 e. The average Bonchev–Trinajstić information content (AvgIpc) is 3.05. The lowest BCUT2D eigenvalue weighted by Gasteiger charge is -2.62. The van der Waals surface area contributed by atoms with Gasteiger partial charge >= 0.3 is 5.97 Å². The zero-order chi connectivity index (χ0) is 26.0. The van der Waals surface area contributed by atoms with Crippen molar-refractivity contribution in [2.24, 2.45) is 45.3 Å². The summed E-state index contributed by atoms with van der Waals surface area (Å²) in [7, 11) is 0. The molecular formula is C33H54O2. The van der Waals surface area contributed by atoms with Crippen molar-refractivity contribution in [3.8, 4) is 0 Å². The van der Waals surface area contributed by atoms with Crippen LogP contribution < -0.4 is 0 Å². The number of fused-ring (bicyclic) bond motifs is 4. The van der Waals surface area contributed by atoms with Crippen molar-refractivity contribution in [2.45, 2.75) is 133 Å². The van der Waals surface area contributed by atoms with Gasteiger partial charge in [0.2, 0.25) is 0 Å². The minimum absolute atomic E-state index is 0.0321. The lowest BCUT2D eigenvalue weighted by molar-refractivity contribution is -0.167. The van der Waals surface area contributed by atoms with E-state index in [2.05, 4.69) is 62.0 Å². The van der Waals surface area contributed by atoms with Gasteiger partial charge in [0.25, 0.3) is 0 Å². The lowest BCUT2D eigenvalue weighted by atomic mass is 9.43. The predicted octanol–water partition coefficient (Wildman–Crippen LogP) is 9.30. The summed E-state index contributed by atoms with van der Waals surface area (Å²) in [5, 5.41) is 0. The van der Waals surface area contributed by atoms with Crippen LogP contribution in [-0.2, 0) is 9.53 Å². The van der Waals surface area contributed by atoms with Crippen LogP contribution in [0.4, 0.5) is 0 Å². The van der Waals surface area contributed by atoms with Crippen molar-refractivity contribution >= 4 is 5.97 Å². The number of allylic oxidation sites excluding steroid dienone is 3. The molecule has 0 aliphatic heterocycles. The smallest absolute Gasteiger partial charge is 0.302 e. The van der Waals surface area contributed by atoms with Gasteiger partial charge in [0, 0.05) is 12.3 Å². The number of rotatable bonds is 6. The van der Waals surface area contributed by atoms with Crippen molar-refractivity contribution < 1.29 is 9.53 Å². The van der Waals surface area contributed by atoms with Crippen molar-refractivity contribution in [1.82, 2.24) is 0 Å². The minimum Gasteiger partial charge on any atom is -0.462 e. The number of ether oxygens (including phenoxy) is 1. The van der Waals surface area contributed by atoms with Crippen molar-refractivity contribution in [3.63, 3.8) is 0 Å². The predicted molar refractivity (Wildman–Crippen MR) is 147 cm³/mol. The summed E-state index contributed by atoms with van der Waals surface area (Å²) in [5.74, 6) is 2.67. The Balaban J connectivity index is 1.61. The summed E-state index contributed by atoms with van der Waals surface area (Å²) in [4.78, 5) is 11.8. The number of carbonyl (C=O) groups is 1. The number of hydrogen-bond donors (Lipinski definition) is 0. The molecule has 0 saturated heterocycles. The number of carbonyl (C=O) groups excluding carboxylic acids is 1. The van der Waals surface area contributed by atoms with Crippen LogP contribution in [0.2, 0.25) is 0 Å². The maximum atomic E-state index is 11.8. The first-order valence-electron chi connectivity index (χ1n) is 14.8. The van der Waals surface area contributed by atoms with Crippen molar-refractivity contribution in [3.05, 3.63) is 23.3 Å². The third kappa shape index (κ3) is 4.08. The first kappa shape index (κ1) is 27.0. The third-order valence-electron chi connectivity index (χ3n) is 12.5. The number of esters is 1. The van der Waals surface area contributed by atoms with Crippen LogP contribution in [0.3, 0.4) is 0 Å². The van der Waals surface area contributed by atoms with Crippen LogP contribution in [0.1, 0.15) is 127 Å². The summed E-state index contributed by atoms with van der Waals surface area (Å²) >= 11 is 0. The van der Waals surface area contributed by atoms with Crippen LogP contribution >= 0.6 is 0 Å². The van der Waals surface area contributed by atoms with Gasteiger partial charge in [-0.25, -0.2) is 0 Å². The molecule has 0 aromatic carbocycles. The summed E-state index contributed by atoms with van der Waals surface area (Å²) in [6.45, 7) is 25.7. The molecule has 0 radical (unpaired) electrons. The molecule has 4 aliphatic rings. The van der Waals surface area contributed by atoms with Crippen LogP contribution in [0.15, 0.2) is 23.3 Å². The quantitative estimate of drug-likeness (QED) is 0.278. The molecule has 0 unspecified atom stereocenters. The molecule has 0 bridgehead atoms. The van der Waals surface area contributed by atoms with Gasteiger partial charge in [-0.2, -0.15) is 0 Å². The van der Waals surface area contributed by atoms with Crippen LogP contribution in [-0.4, -0.2) is 12.1 Å². The highest BCUT2D eigenvalue weighted by atomic mass is 16.5. The van der Waals surface area contributed by atoms with E-state index in [-0.39, 0.29) is 22.9 Å². The maximum absolute atomic E-state index is 11.8. The fourth-order valence-electron chi connectivity index (χ4n) is 9.93. The van der Waals surface area contributed by atoms with E-state index in [1.807, 2.05) is 11.1 Å². The highest BCUT2D eigenvalue weighted by molar-refractivity contribution is 5.66. The molecule has 0 aromatic rings. The topological polar surface area (TPSA) is 26.3 Å². The summed E-state index contributed by atoms with van der Waals surface area (Å²) in [6, 6.07) is 0. The van der Waals surface area contributed by atoms with E-state index < -0.39 is 0 Å². The second-order valence-electron chi connectivity index (χ2n) is 14.6. The fraction of sp³-hybridized carbons (Fsp3) is 0.848. The Bertz CT molecular complexity index is 893. The molecule has 0 amide bonds. The molecule has 2 fully saturated rings. The fourth-order valence-corrected chi connectivity index (χ4v) is 9.93. The molecule has 0 spiro atoms. The standard InChI is InChI=1S/C33H54O2/c1-21(2)22(3)11-12-23(4)25-15-19-33(10)27-13-14-28-30(6,7)29(35-24(5)34)17-18-31(28,8)26(27)16-20-32(25,33)9/h21,23,25,28-29H,3,11-20H2,1-2,4-10H3/t23-,25+,28+,29+,31-,32+,33-/m1/s1. The molecule has 4 rings (SSSR count). The van der Waals surface area contributed by atoms with Gasteiger partial charge in [-0.3, -0.25) is 4.79 Å². The molecule has 0 N–H and O–H groups in total. The summed E-state index contributed by atoms with van der Waals surface area (Å²) in [6.07, 6.45) is 12.6. The highest BCUT2D eigenvalue weighted by Crippen LogP contribution is 2.72. The van der Waals surface area contributed by atoms with E-state index in [1.54, 1.807) is 6.92 Å². The second kappa shape index (κ2) is 9.05. The van der Waals surface area contributed by atoms with E-state index >= 15 is 0 Å². The molecule has 0 heterocycles. The molecule has 4 aliphatic carbocycles. The SMILES string of the molecule is C=C(CC[C@@H](C)[C@@H]1CC[C@]2(C)C3=C(CC[C@@]12C)[C@@]1(C)CC[C@H](OC(C)=O)C(C)(C)[C@@H]1CC3)C(C)C. The van der Waals surface area contributed by atoms with Crippen LogP contribution in [0, 0.1) is 45.3 Å². The Morgan fingerprint density at radius 3 is 2.29 bits per heavy atom. The molecule has 2 heteroatoms. The van der Waals surface area contributed by atoms with Gasteiger partial charge < -0.3 is 4.74 Å². The van der Waals surface area contributed by atoms with Crippen molar-refractivity contribution in [2.75, 3.05) is 0 Å². The third-order valence-corrected chi connectivity index (χ3v) is 12.5. The Hall–Kier alpha value is -1.05. The molecule has 35 heavy (non-hydrogen) atoms. The van der Waals surface area contributed by atoms with E-state index in [4.69, 9.17) is 4.74 Å². The monoisotopic (exact) mass is 482 g/mol. The van der Waals surface area contributed by atoms with E-state index in [9.17, 15) is 4.79 Å². The van der Waals surface area contributed by atoms with Gasteiger partial charge in [0.1, 0.15) is 6.10 Å². The van der Waals surface area contributed by atoms with Gasteiger partial charge in [-0.05, 0) is 104 Å². The Morgan fingerprint density at radius 1 is 0.971 bits per heavy atom. The largest absolute Gasteiger partial charge is 0.462 e. The van der Waals surface area contributed by atoms with Crippen LogP contribution in [0.25, 0.3) is 0 Å². The first-order chi connectivity index (χ1) is 16.2. The van der Waals surface area contributed by atoms with Gasteiger partial charge in [0.15, 0.2) is 0 Å². The molecular weight excluding hydrogens is 428 g/mol. The van der Waals surface area contributed by atoms with E-state index in [0.717, 1.165) is 18.3 Å². The van der Waals surface area contributed by atoms with E-state index in [1.165, 1.54) is 63.4 Å². The summed E-state index contributed by atoms with van der Waals surface area (Å²) < 4.78 is 5.88. The number of hydrogen-bond acceptors (Lipinski definition) is 2. The van der Waals surface area contributed by atoms with Crippen LogP contribution in [0.5, 0.6) is 0 Å². The Morgan fingerprint density at radius 2 is 1.66 bits per heavy atom. The first-order valence-corrected chi connectivity index (χ1v) is 14.8. The minimum atomic E-state index is -0.119. The zero-order valence-corrected chi connectivity index (χ0v) is 24.5. The normalized spacial score (nSPS) is 41.1. The van der Waals surface area contributed by atoms with Gasteiger partial charge in [0.05, 0.1) is 0 Å². The van der Waals surface area contributed by atoms with Gasteiger partial charge in [-0.1, -0.05) is 78.7 Å². The molecule has 7 atom stereocenters. The molecule has 2 nitrogen and oxygen atoms in total. The van der Waals surface area contributed by atoms with Gasteiger partial charge in [-0.15, -0.1) is 0 Å². The average molecular weight is 483 g/mol. The highest BCUT2D eigenvalue weighted by Gasteiger charge is 2.63. The molecule has 2 saturated carbocycles. The van der Waals surface area contributed by atoms with E-state index in [0.29, 0.717) is 22.7 Å². The lowest BCUT2D eigenvalue weighted by Crippen LogP contribution is -2.55. The summed E-state index contributed by atoms with van der Waals surface area (Å²) in [5.41, 5.74) is 6.16. The second-order valence-corrected chi connectivity index (χ2v) is 14.6. The molecule has 0 aromatic heterocycles. The molecule has 198 valence electrons. The van der Waals surface area contributed by atoms with Crippen molar-refractivity contribution in [1.29, 1.82) is 0 Å². The Kier molecular flexibility index (Phi) is 6.98. The zero-order valence-electron chi connectivity index (χ0n) is 24.5.